The first-order valence-electron chi connectivity index (χ1n) is 16.6. The summed E-state index contributed by atoms with van der Waals surface area (Å²) in [6.45, 7) is 3.65. The molecule has 0 bridgehead atoms. The summed E-state index contributed by atoms with van der Waals surface area (Å²) in [6.07, 6.45) is 8.46. The number of rotatable bonds is 12. The number of fused-ring (bicyclic) bond motifs is 1. The number of amides is 1. The number of hydrogen-bond donors (Lipinski definition) is 4. The summed E-state index contributed by atoms with van der Waals surface area (Å²) in [5, 5.41) is 20.8. The van der Waals surface area contributed by atoms with Crippen LogP contribution in [0.2, 0.25) is 10.0 Å². The molecule has 0 unspecified atom stereocenters. The standard InChI is InChI=1S/C37H39Cl2N7O4/c1-37(48)14-24(15-37)42-18-25-20-46-19-22(13-30(49-2)35(46)44-25)34-33(39)27(11-12-41-34)26-5-4-6-28(32(26)38)29-9-7-21(36(45-29)50-3)16-40-17-23-8-10-31(47)43-23/h4-7,9,11-13,19-20,23-24,40,42,48H,8,10,14-18H2,1-3H3,(H,43,47)/t23-,24?,37?/m1/s1. The molecule has 1 aromatic carbocycles. The Morgan fingerprint density at radius 3 is 2.56 bits per heavy atom. The Balaban J connectivity index is 1.14. The molecule has 1 aliphatic carbocycles. The first-order chi connectivity index (χ1) is 24.1. The number of aliphatic hydroxyl groups is 1. The zero-order chi connectivity index (χ0) is 35.0. The fraction of sp³-hybridized carbons (Fsp3) is 0.351. The van der Waals surface area contributed by atoms with Gasteiger partial charge in [-0.15, -0.1) is 0 Å². The maximum absolute atomic E-state index is 11.5. The SMILES string of the molecule is COc1nc(-c2cccc(-c3ccnc(-c4cc(OC)c5nc(CNC6CC(C)(O)C6)cn5c4)c3Cl)c2Cl)ccc1CNC[C@H]1CCC(=O)N1. The van der Waals surface area contributed by atoms with Gasteiger partial charge in [-0.3, -0.25) is 9.78 Å². The smallest absolute Gasteiger partial charge is 0.220 e. The molecule has 13 heteroatoms. The van der Waals surface area contributed by atoms with Crippen molar-refractivity contribution in [3.63, 3.8) is 0 Å². The molecule has 50 heavy (non-hydrogen) atoms. The number of nitrogens with one attached hydrogen (secondary N) is 3. The number of benzene rings is 1. The molecule has 0 spiro atoms. The maximum Gasteiger partial charge on any atom is 0.220 e. The number of halogens is 2. The van der Waals surface area contributed by atoms with Crippen molar-refractivity contribution in [2.75, 3.05) is 20.8 Å². The molecule has 7 rings (SSSR count). The number of aromatic nitrogens is 4. The van der Waals surface area contributed by atoms with E-state index in [2.05, 4.69) is 20.9 Å². The van der Waals surface area contributed by atoms with Gasteiger partial charge in [0.2, 0.25) is 11.8 Å². The van der Waals surface area contributed by atoms with Crippen LogP contribution in [0.1, 0.15) is 43.9 Å². The van der Waals surface area contributed by atoms with Gasteiger partial charge in [0.05, 0.1) is 46.9 Å². The molecule has 260 valence electrons. The van der Waals surface area contributed by atoms with E-state index in [0.717, 1.165) is 52.8 Å². The van der Waals surface area contributed by atoms with Crippen molar-refractivity contribution in [1.82, 2.24) is 35.3 Å². The molecule has 0 radical (unpaired) electrons. The van der Waals surface area contributed by atoms with Crippen LogP contribution in [0.25, 0.3) is 39.3 Å². The third kappa shape index (κ3) is 7.01. The van der Waals surface area contributed by atoms with Gasteiger partial charge in [0.15, 0.2) is 11.4 Å². The molecule has 2 fully saturated rings. The Kier molecular flexibility index (Phi) is 9.69. The molecule has 1 atom stereocenters. The number of ether oxygens (including phenoxy) is 2. The minimum atomic E-state index is -0.591. The van der Waals surface area contributed by atoms with E-state index in [0.29, 0.717) is 64.8 Å². The topological polar surface area (TPSA) is 135 Å². The van der Waals surface area contributed by atoms with Crippen molar-refractivity contribution in [2.24, 2.45) is 0 Å². The Labute approximate surface area is 300 Å². The molecule has 1 saturated carbocycles. The van der Waals surface area contributed by atoms with Gasteiger partial charge in [0, 0.05) is 84.5 Å². The average Bonchev–Trinajstić information content (AvgIpc) is 3.71. The summed E-state index contributed by atoms with van der Waals surface area (Å²) in [4.78, 5) is 25.8. The molecule has 11 nitrogen and oxygen atoms in total. The molecule has 5 heterocycles. The zero-order valence-electron chi connectivity index (χ0n) is 28.1. The van der Waals surface area contributed by atoms with Crippen LogP contribution in [-0.2, 0) is 17.9 Å². The highest BCUT2D eigenvalue weighted by atomic mass is 35.5. The van der Waals surface area contributed by atoms with Crippen molar-refractivity contribution in [3.05, 3.63) is 82.4 Å². The van der Waals surface area contributed by atoms with Gasteiger partial charge in [-0.2, -0.15) is 0 Å². The molecular formula is C37H39Cl2N7O4. The lowest BCUT2D eigenvalue weighted by Gasteiger charge is -2.41. The van der Waals surface area contributed by atoms with Gasteiger partial charge in [-0.1, -0.05) is 47.5 Å². The Morgan fingerprint density at radius 2 is 1.82 bits per heavy atom. The number of imidazole rings is 1. The lowest BCUT2D eigenvalue weighted by Crippen LogP contribution is -2.51. The summed E-state index contributed by atoms with van der Waals surface area (Å²) >= 11 is 14.2. The minimum Gasteiger partial charge on any atom is -0.493 e. The highest BCUT2D eigenvalue weighted by Gasteiger charge is 2.37. The summed E-state index contributed by atoms with van der Waals surface area (Å²) < 4.78 is 13.3. The largest absolute Gasteiger partial charge is 0.493 e. The predicted octanol–water partition coefficient (Wildman–Crippen LogP) is 5.82. The number of methoxy groups -OCH3 is 2. The van der Waals surface area contributed by atoms with Gasteiger partial charge >= 0.3 is 0 Å². The first-order valence-corrected chi connectivity index (χ1v) is 17.4. The van der Waals surface area contributed by atoms with E-state index in [1.165, 1.54) is 0 Å². The Hall–Kier alpha value is -4.26. The van der Waals surface area contributed by atoms with Gasteiger partial charge in [0.25, 0.3) is 0 Å². The van der Waals surface area contributed by atoms with Crippen molar-refractivity contribution in [3.8, 4) is 45.3 Å². The molecule has 5 aromatic rings. The second-order valence-electron chi connectivity index (χ2n) is 13.2. The van der Waals surface area contributed by atoms with Crippen LogP contribution in [-0.4, -0.2) is 68.8 Å². The minimum absolute atomic E-state index is 0.0967. The molecule has 2 aliphatic rings. The van der Waals surface area contributed by atoms with E-state index in [-0.39, 0.29) is 18.0 Å². The van der Waals surface area contributed by atoms with Crippen LogP contribution < -0.4 is 25.4 Å². The molecule has 4 N–H and O–H groups in total. The van der Waals surface area contributed by atoms with Gasteiger partial charge in [-0.05, 0) is 44.4 Å². The Bertz CT molecular complexity index is 2060. The third-order valence-corrected chi connectivity index (χ3v) is 10.2. The van der Waals surface area contributed by atoms with Crippen molar-refractivity contribution in [2.45, 2.75) is 63.4 Å². The van der Waals surface area contributed by atoms with E-state index in [9.17, 15) is 9.90 Å². The average molecular weight is 717 g/mol. The van der Waals surface area contributed by atoms with E-state index >= 15 is 0 Å². The van der Waals surface area contributed by atoms with Gasteiger partial charge in [0.1, 0.15) is 0 Å². The van der Waals surface area contributed by atoms with Crippen molar-refractivity contribution >= 4 is 34.8 Å². The second-order valence-corrected chi connectivity index (χ2v) is 14.0. The van der Waals surface area contributed by atoms with Crippen molar-refractivity contribution in [1.29, 1.82) is 0 Å². The molecule has 1 aliphatic heterocycles. The van der Waals surface area contributed by atoms with Crippen LogP contribution in [0, 0.1) is 0 Å². The summed E-state index contributed by atoms with van der Waals surface area (Å²) in [5.74, 6) is 1.18. The zero-order valence-corrected chi connectivity index (χ0v) is 29.6. The van der Waals surface area contributed by atoms with Crippen LogP contribution >= 0.6 is 23.2 Å². The molecule has 1 amide bonds. The van der Waals surface area contributed by atoms with E-state index in [1.807, 2.05) is 66.2 Å². The Morgan fingerprint density at radius 1 is 1.02 bits per heavy atom. The first kappa shape index (κ1) is 34.2. The third-order valence-electron chi connectivity index (χ3n) is 9.38. The van der Waals surface area contributed by atoms with E-state index in [1.54, 1.807) is 20.4 Å². The molecular weight excluding hydrogens is 677 g/mol. The second kappa shape index (κ2) is 14.2. The highest BCUT2D eigenvalue weighted by molar-refractivity contribution is 6.39. The lowest BCUT2D eigenvalue weighted by molar-refractivity contribution is -0.119. The van der Waals surface area contributed by atoms with Gasteiger partial charge in [-0.25, -0.2) is 9.97 Å². The fourth-order valence-electron chi connectivity index (χ4n) is 6.81. The van der Waals surface area contributed by atoms with Crippen LogP contribution in [0.4, 0.5) is 0 Å². The number of hydrogen-bond acceptors (Lipinski definition) is 9. The van der Waals surface area contributed by atoms with Crippen LogP contribution in [0.3, 0.4) is 0 Å². The summed E-state index contributed by atoms with van der Waals surface area (Å²) in [5.41, 5.74) is 6.04. The molecule has 1 saturated heterocycles. The van der Waals surface area contributed by atoms with Gasteiger partial charge < -0.3 is 34.9 Å². The number of nitrogens with zero attached hydrogens (tertiary/aromatic N) is 4. The summed E-state index contributed by atoms with van der Waals surface area (Å²) in [7, 11) is 3.21. The predicted molar refractivity (Wildman–Crippen MR) is 194 cm³/mol. The van der Waals surface area contributed by atoms with E-state index in [4.69, 9.17) is 42.6 Å². The normalized spacial score (nSPS) is 20.2. The highest BCUT2D eigenvalue weighted by Crippen LogP contribution is 2.42. The number of carbonyl (C=O) groups excluding carboxylic acids is 1. The lowest BCUT2D eigenvalue weighted by atomic mass is 9.77. The monoisotopic (exact) mass is 715 g/mol. The quantitative estimate of drug-likeness (QED) is 0.126. The van der Waals surface area contributed by atoms with Crippen LogP contribution in [0.15, 0.2) is 61.1 Å². The molecule has 4 aromatic heterocycles. The van der Waals surface area contributed by atoms with E-state index < -0.39 is 5.60 Å². The summed E-state index contributed by atoms with van der Waals surface area (Å²) in [6, 6.07) is 13.8. The van der Waals surface area contributed by atoms with Crippen molar-refractivity contribution < 1.29 is 19.4 Å². The maximum atomic E-state index is 11.5. The number of pyridine rings is 3. The fourth-order valence-corrected chi connectivity index (χ4v) is 7.46. The number of carbonyl (C=O) groups is 1. The van der Waals surface area contributed by atoms with Crippen LogP contribution in [0.5, 0.6) is 11.6 Å².